The third-order valence-electron chi connectivity index (χ3n) is 4.14. The van der Waals surface area contributed by atoms with Crippen molar-refractivity contribution < 1.29 is 19.1 Å². The number of carbonyl (C=O) groups is 2. The molecule has 2 rings (SSSR count). The Labute approximate surface area is 170 Å². The molecule has 0 saturated carbocycles. The highest BCUT2D eigenvalue weighted by atomic mass is 16.5. The van der Waals surface area contributed by atoms with Gasteiger partial charge in [-0.2, -0.15) is 5.26 Å². The molecule has 0 spiro atoms. The fourth-order valence-electron chi connectivity index (χ4n) is 2.46. The molecule has 0 saturated heterocycles. The Morgan fingerprint density at radius 1 is 1.07 bits per heavy atom. The van der Waals surface area contributed by atoms with E-state index >= 15 is 0 Å². The summed E-state index contributed by atoms with van der Waals surface area (Å²) in [4.78, 5) is 24.1. The summed E-state index contributed by atoms with van der Waals surface area (Å²) >= 11 is 0. The Morgan fingerprint density at radius 2 is 1.69 bits per heavy atom. The number of methoxy groups -OCH3 is 1. The number of carbonyl (C=O) groups excluding carboxylic acids is 2. The van der Waals surface area contributed by atoms with Crippen molar-refractivity contribution in [3.05, 3.63) is 65.2 Å². The van der Waals surface area contributed by atoms with E-state index in [4.69, 9.17) is 9.47 Å². The molecule has 0 aliphatic heterocycles. The average Bonchev–Trinajstić information content (AvgIpc) is 2.70. The zero-order valence-electron chi connectivity index (χ0n) is 17.0. The van der Waals surface area contributed by atoms with E-state index < -0.39 is 18.5 Å². The summed E-state index contributed by atoms with van der Waals surface area (Å²) < 4.78 is 10.0. The number of nitriles is 1. The van der Waals surface area contributed by atoms with Gasteiger partial charge in [0.05, 0.1) is 7.11 Å². The molecule has 0 radical (unpaired) electrons. The summed E-state index contributed by atoms with van der Waals surface area (Å²) in [6.07, 6.45) is 1.39. The maximum Gasteiger partial charge on any atom is 0.349 e. The summed E-state index contributed by atoms with van der Waals surface area (Å²) in [5.41, 5.74) is 2.21. The topological polar surface area (TPSA) is 88.4 Å². The Kier molecular flexibility index (Phi) is 7.15. The van der Waals surface area contributed by atoms with Gasteiger partial charge in [0.25, 0.3) is 5.91 Å². The number of esters is 1. The molecule has 1 amide bonds. The second-order valence-corrected chi connectivity index (χ2v) is 7.39. The van der Waals surface area contributed by atoms with E-state index in [1.165, 1.54) is 6.08 Å². The first-order chi connectivity index (χ1) is 13.7. The third-order valence-corrected chi connectivity index (χ3v) is 4.14. The number of hydrogen-bond acceptors (Lipinski definition) is 5. The van der Waals surface area contributed by atoms with Crippen LogP contribution in [0, 0.1) is 11.3 Å². The van der Waals surface area contributed by atoms with Crippen LogP contribution in [0.15, 0.2) is 54.1 Å². The van der Waals surface area contributed by atoms with Gasteiger partial charge < -0.3 is 14.8 Å². The molecule has 0 aliphatic carbocycles. The van der Waals surface area contributed by atoms with Gasteiger partial charge in [-0.1, -0.05) is 45.0 Å². The van der Waals surface area contributed by atoms with Crippen molar-refractivity contribution in [1.29, 1.82) is 5.26 Å². The minimum Gasteiger partial charge on any atom is -0.497 e. The highest BCUT2D eigenvalue weighted by Gasteiger charge is 2.15. The molecule has 1 N–H and O–H groups in total. The van der Waals surface area contributed by atoms with Crippen molar-refractivity contribution >= 4 is 23.6 Å². The van der Waals surface area contributed by atoms with Crippen molar-refractivity contribution in [3.63, 3.8) is 0 Å². The van der Waals surface area contributed by atoms with Crippen molar-refractivity contribution in [2.45, 2.75) is 26.2 Å². The van der Waals surface area contributed by atoms with E-state index in [9.17, 15) is 14.9 Å². The fourth-order valence-corrected chi connectivity index (χ4v) is 2.46. The zero-order valence-corrected chi connectivity index (χ0v) is 17.0. The van der Waals surface area contributed by atoms with Gasteiger partial charge in [-0.3, -0.25) is 4.79 Å². The van der Waals surface area contributed by atoms with Crippen LogP contribution in [-0.2, 0) is 19.7 Å². The van der Waals surface area contributed by atoms with Gasteiger partial charge in [-0.15, -0.1) is 0 Å². The van der Waals surface area contributed by atoms with Crippen molar-refractivity contribution in [3.8, 4) is 11.8 Å². The summed E-state index contributed by atoms with van der Waals surface area (Å²) in [5, 5.41) is 11.9. The first kappa shape index (κ1) is 21.7. The number of nitrogens with zero attached hydrogens (tertiary/aromatic N) is 1. The lowest BCUT2D eigenvalue weighted by Crippen LogP contribution is -2.21. The molecule has 6 heteroatoms. The SMILES string of the molecule is COc1ccc(/C=C(\C#N)C(=O)OCC(=O)Nc2ccc(C(C)(C)C)cc2)cc1. The van der Waals surface area contributed by atoms with Gasteiger partial charge in [0.15, 0.2) is 6.61 Å². The molecular weight excluding hydrogens is 368 g/mol. The molecule has 2 aromatic carbocycles. The first-order valence-electron chi connectivity index (χ1n) is 9.06. The number of hydrogen-bond donors (Lipinski definition) is 1. The zero-order chi connectivity index (χ0) is 21.4. The van der Waals surface area contributed by atoms with Gasteiger partial charge in [0.2, 0.25) is 0 Å². The highest BCUT2D eigenvalue weighted by Crippen LogP contribution is 2.23. The number of anilines is 1. The maximum absolute atomic E-state index is 12.1. The van der Waals surface area contributed by atoms with Crippen LogP contribution < -0.4 is 10.1 Å². The minimum absolute atomic E-state index is 0.0159. The number of ether oxygens (including phenoxy) is 2. The number of amides is 1. The van der Waals surface area contributed by atoms with Crippen LogP contribution in [0.3, 0.4) is 0 Å². The molecular formula is C23H24N2O4. The van der Waals surface area contributed by atoms with E-state index in [-0.39, 0.29) is 11.0 Å². The van der Waals surface area contributed by atoms with E-state index in [2.05, 4.69) is 26.1 Å². The molecule has 0 atom stereocenters. The quantitative estimate of drug-likeness (QED) is 0.455. The number of benzene rings is 2. The molecule has 6 nitrogen and oxygen atoms in total. The Balaban J connectivity index is 1.93. The van der Waals surface area contributed by atoms with Gasteiger partial charge in [-0.25, -0.2) is 4.79 Å². The predicted octanol–water partition coefficient (Wildman–Crippen LogP) is 4.08. The average molecular weight is 392 g/mol. The second kappa shape index (κ2) is 9.56. The molecule has 0 heterocycles. The summed E-state index contributed by atoms with van der Waals surface area (Å²) in [6, 6.07) is 16.1. The number of nitrogens with one attached hydrogen (secondary N) is 1. The van der Waals surface area contributed by atoms with Gasteiger partial charge >= 0.3 is 5.97 Å². The van der Waals surface area contributed by atoms with Crippen LogP contribution in [0.5, 0.6) is 5.75 Å². The number of rotatable bonds is 6. The fraction of sp³-hybridized carbons (Fsp3) is 0.261. The van der Waals surface area contributed by atoms with Crippen LogP contribution >= 0.6 is 0 Å². The maximum atomic E-state index is 12.1. The normalized spacial score (nSPS) is 11.3. The van der Waals surface area contributed by atoms with Gasteiger partial charge in [-0.05, 0) is 46.9 Å². The Morgan fingerprint density at radius 3 is 2.21 bits per heavy atom. The van der Waals surface area contributed by atoms with E-state index in [0.29, 0.717) is 17.0 Å². The molecule has 2 aromatic rings. The molecule has 0 unspecified atom stereocenters. The Hall–Kier alpha value is -3.59. The minimum atomic E-state index is -0.860. The standard InChI is InChI=1S/C23H24N2O4/c1-23(2,3)18-7-9-19(10-8-18)25-21(26)15-29-22(27)17(14-24)13-16-5-11-20(28-4)12-6-16/h5-13H,15H2,1-4H3,(H,25,26)/b17-13+. The molecule has 0 bridgehead atoms. The van der Waals surface area contributed by atoms with E-state index in [1.807, 2.05) is 12.1 Å². The van der Waals surface area contributed by atoms with Gasteiger partial charge in [0, 0.05) is 5.69 Å². The lowest BCUT2D eigenvalue weighted by molar-refractivity contribution is -0.142. The smallest absolute Gasteiger partial charge is 0.349 e. The van der Waals surface area contributed by atoms with Crippen molar-refractivity contribution in [2.24, 2.45) is 0 Å². The lowest BCUT2D eigenvalue weighted by atomic mass is 9.87. The molecule has 29 heavy (non-hydrogen) atoms. The molecule has 0 fully saturated rings. The van der Waals surface area contributed by atoms with Crippen LogP contribution in [0.2, 0.25) is 0 Å². The molecule has 0 aromatic heterocycles. The highest BCUT2D eigenvalue weighted by molar-refractivity contribution is 6.00. The summed E-state index contributed by atoms with van der Waals surface area (Å²) in [5.74, 6) is -0.680. The lowest BCUT2D eigenvalue weighted by Gasteiger charge is -2.19. The van der Waals surface area contributed by atoms with Gasteiger partial charge in [0.1, 0.15) is 17.4 Å². The van der Waals surface area contributed by atoms with Crippen LogP contribution in [0.4, 0.5) is 5.69 Å². The third kappa shape index (κ3) is 6.51. The Bertz CT molecular complexity index is 931. The van der Waals surface area contributed by atoms with Crippen LogP contribution in [-0.4, -0.2) is 25.6 Å². The van der Waals surface area contributed by atoms with Crippen LogP contribution in [0.1, 0.15) is 31.9 Å². The molecule has 0 aliphatic rings. The monoisotopic (exact) mass is 392 g/mol. The van der Waals surface area contributed by atoms with E-state index in [1.54, 1.807) is 49.6 Å². The van der Waals surface area contributed by atoms with Crippen molar-refractivity contribution in [2.75, 3.05) is 19.0 Å². The van der Waals surface area contributed by atoms with Crippen LogP contribution in [0.25, 0.3) is 6.08 Å². The van der Waals surface area contributed by atoms with Crippen molar-refractivity contribution in [1.82, 2.24) is 0 Å². The second-order valence-electron chi connectivity index (χ2n) is 7.39. The summed E-state index contributed by atoms with van der Waals surface area (Å²) in [7, 11) is 1.55. The van der Waals surface area contributed by atoms with E-state index in [0.717, 1.165) is 5.56 Å². The predicted molar refractivity (Wildman–Crippen MR) is 111 cm³/mol. The molecule has 150 valence electrons. The largest absolute Gasteiger partial charge is 0.497 e. The summed E-state index contributed by atoms with van der Waals surface area (Å²) in [6.45, 7) is 5.83. The first-order valence-corrected chi connectivity index (χ1v) is 9.06.